The molecule has 0 saturated carbocycles. The number of aliphatic hydroxyl groups excluding tert-OH is 1. The van der Waals surface area contributed by atoms with Gasteiger partial charge in [0.2, 0.25) is 5.76 Å². The first-order chi connectivity index (χ1) is 11.0. The maximum atomic E-state index is 13.2. The zero-order valence-electron chi connectivity index (χ0n) is 12.0. The van der Waals surface area contributed by atoms with Gasteiger partial charge in [-0.25, -0.2) is 8.78 Å². The topological polar surface area (TPSA) is 75.8 Å². The molecule has 0 unspecified atom stereocenters. The monoisotopic (exact) mass is 324 g/mol. The highest BCUT2D eigenvalue weighted by atomic mass is 19.1. The lowest BCUT2D eigenvalue weighted by Gasteiger charge is -2.35. The van der Waals surface area contributed by atoms with Crippen molar-refractivity contribution in [3.63, 3.8) is 0 Å². The molecule has 0 aliphatic carbocycles. The number of carbonyl (C=O) groups is 1. The van der Waals surface area contributed by atoms with E-state index < -0.39 is 23.8 Å². The molecular formula is C15H14F2N2O4. The van der Waals surface area contributed by atoms with Crippen LogP contribution in [0.3, 0.4) is 0 Å². The molecule has 1 aliphatic heterocycles. The van der Waals surface area contributed by atoms with Gasteiger partial charge in [0.25, 0.3) is 5.91 Å². The highest BCUT2D eigenvalue weighted by molar-refractivity contribution is 5.91. The van der Waals surface area contributed by atoms with Gasteiger partial charge in [-0.1, -0.05) is 5.16 Å². The summed E-state index contributed by atoms with van der Waals surface area (Å²) in [6, 6.07) is 4.26. The van der Waals surface area contributed by atoms with Gasteiger partial charge in [-0.2, -0.15) is 0 Å². The van der Waals surface area contributed by atoms with Crippen LogP contribution < -0.4 is 4.74 Å². The van der Waals surface area contributed by atoms with Gasteiger partial charge < -0.3 is 19.3 Å². The number of hydrogen-bond donors (Lipinski definition) is 1. The molecule has 2 aromatic rings. The van der Waals surface area contributed by atoms with Crippen LogP contribution in [0.4, 0.5) is 8.78 Å². The summed E-state index contributed by atoms with van der Waals surface area (Å²) in [5.41, 5.74) is 0. The van der Waals surface area contributed by atoms with E-state index in [1.807, 2.05) is 0 Å². The van der Waals surface area contributed by atoms with Crippen LogP contribution in [0.2, 0.25) is 0 Å². The number of aromatic nitrogens is 1. The second kappa shape index (κ2) is 6.33. The zero-order chi connectivity index (χ0) is 16.4. The Bertz CT molecular complexity index is 673. The number of rotatable bonds is 3. The summed E-state index contributed by atoms with van der Waals surface area (Å²) in [4.78, 5) is 13.5. The van der Waals surface area contributed by atoms with E-state index in [-0.39, 0.29) is 24.0 Å². The fourth-order valence-electron chi connectivity index (χ4n) is 2.49. The average molecular weight is 324 g/mol. The largest absolute Gasteiger partial charge is 0.487 e. The number of nitrogens with zero attached hydrogens (tertiary/aromatic N) is 2. The van der Waals surface area contributed by atoms with Crippen LogP contribution in [0.25, 0.3) is 0 Å². The van der Waals surface area contributed by atoms with E-state index >= 15 is 0 Å². The normalized spacial score (nSPS) is 21.3. The highest BCUT2D eigenvalue weighted by Crippen LogP contribution is 2.22. The van der Waals surface area contributed by atoms with E-state index in [2.05, 4.69) is 5.16 Å². The summed E-state index contributed by atoms with van der Waals surface area (Å²) < 4.78 is 36.5. The van der Waals surface area contributed by atoms with Gasteiger partial charge in [0.15, 0.2) is 0 Å². The van der Waals surface area contributed by atoms with Gasteiger partial charge in [0.1, 0.15) is 29.6 Å². The maximum Gasteiger partial charge on any atom is 0.292 e. The van der Waals surface area contributed by atoms with Crippen molar-refractivity contribution in [2.75, 3.05) is 13.1 Å². The van der Waals surface area contributed by atoms with Crippen LogP contribution >= 0.6 is 0 Å². The molecule has 2 heterocycles. The van der Waals surface area contributed by atoms with Crippen LogP contribution in [-0.2, 0) is 0 Å². The number of β-amino-alcohol motifs (C(OH)–C–C–N with tert-alkyl or cyclic N) is 1. The number of carbonyl (C=O) groups excluding carboxylic acids is 1. The molecule has 3 rings (SSSR count). The Kier molecular flexibility index (Phi) is 4.24. The number of ether oxygens (including phenoxy) is 1. The van der Waals surface area contributed by atoms with Crippen molar-refractivity contribution in [3.05, 3.63) is 47.9 Å². The van der Waals surface area contributed by atoms with Crippen molar-refractivity contribution in [1.29, 1.82) is 0 Å². The summed E-state index contributed by atoms with van der Waals surface area (Å²) in [5.74, 6) is -1.80. The van der Waals surface area contributed by atoms with Gasteiger partial charge in [0.05, 0.1) is 12.7 Å². The maximum absolute atomic E-state index is 13.2. The predicted octanol–water partition coefficient (Wildman–Crippen LogP) is 1.61. The fraction of sp³-hybridized carbons (Fsp3) is 0.333. The van der Waals surface area contributed by atoms with Crippen LogP contribution in [0, 0.1) is 11.6 Å². The minimum atomic E-state index is -0.984. The molecule has 2 atom stereocenters. The summed E-state index contributed by atoms with van der Waals surface area (Å²) in [7, 11) is 0. The van der Waals surface area contributed by atoms with Crippen molar-refractivity contribution in [1.82, 2.24) is 10.1 Å². The smallest absolute Gasteiger partial charge is 0.292 e. The number of benzene rings is 1. The Morgan fingerprint density at radius 3 is 2.70 bits per heavy atom. The van der Waals surface area contributed by atoms with E-state index in [9.17, 15) is 18.7 Å². The first-order valence-corrected chi connectivity index (χ1v) is 7.03. The van der Waals surface area contributed by atoms with Crippen LogP contribution in [-0.4, -0.2) is 46.4 Å². The summed E-state index contributed by atoms with van der Waals surface area (Å²) >= 11 is 0. The van der Waals surface area contributed by atoms with Gasteiger partial charge in [0, 0.05) is 37.2 Å². The van der Waals surface area contributed by atoms with Crippen molar-refractivity contribution < 1.29 is 27.9 Å². The van der Waals surface area contributed by atoms with E-state index in [0.717, 1.165) is 18.2 Å². The molecule has 23 heavy (non-hydrogen) atoms. The Hall–Kier alpha value is -2.48. The third-order valence-corrected chi connectivity index (χ3v) is 3.58. The molecule has 0 radical (unpaired) electrons. The van der Waals surface area contributed by atoms with Crippen molar-refractivity contribution in [2.45, 2.75) is 18.6 Å². The van der Waals surface area contributed by atoms with Crippen molar-refractivity contribution in [3.8, 4) is 5.75 Å². The number of halogens is 2. The van der Waals surface area contributed by atoms with Gasteiger partial charge in [-0.05, 0) is 0 Å². The molecule has 1 saturated heterocycles. The number of amides is 1. The molecule has 1 amide bonds. The van der Waals surface area contributed by atoms with Crippen molar-refractivity contribution >= 4 is 5.91 Å². The quantitative estimate of drug-likeness (QED) is 0.928. The minimum absolute atomic E-state index is 0.00145. The zero-order valence-corrected chi connectivity index (χ0v) is 12.0. The molecule has 1 N–H and O–H groups in total. The number of aliphatic hydroxyl groups is 1. The lowest BCUT2D eigenvalue weighted by molar-refractivity contribution is -0.0210. The van der Waals surface area contributed by atoms with E-state index in [1.54, 1.807) is 0 Å². The first kappa shape index (κ1) is 15.4. The lowest BCUT2D eigenvalue weighted by Crippen LogP contribution is -2.51. The first-order valence-electron chi connectivity index (χ1n) is 7.03. The average Bonchev–Trinajstić information content (AvgIpc) is 3.02. The summed E-state index contributed by atoms with van der Waals surface area (Å²) in [5, 5.41) is 13.6. The Morgan fingerprint density at radius 2 is 2.09 bits per heavy atom. The second-order valence-electron chi connectivity index (χ2n) is 5.25. The number of hydrogen-bond acceptors (Lipinski definition) is 5. The lowest BCUT2D eigenvalue weighted by atomic mass is 10.0. The molecule has 1 aromatic heterocycles. The van der Waals surface area contributed by atoms with E-state index in [1.165, 1.54) is 17.2 Å². The molecule has 0 bridgehead atoms. The SMILES string of the molecule is O=C(c1ccno1)N1CC[C@@H](Oc2cc(F)cc(F)c2)[C@H](O)C1. The third kappa shape index (κ3) is 3.48. The van der Waals surface area contributed by atoms with Gasteiger partial charge >= 0.3 is 0 Å². The molecule has 1 aromatic carbocycles. The van der Waals surface area contributed by atoms with E-state index in [4.69, 9.17) is 9.26 Å². The van der Waals surface area contributed by atoms with Gasteiger partial charge in [-0.15, -0.1) is 0 Å². The standard InChI is InChI=1S/C15H14F2N2O4/c16-9-5-10(17)7-11(6-9)22-13-2-4-19(8-12(13)20)15(21)14-1-3-18-23-14/h1,3,5-7,12-13,20H,2,4,8H2/t12-,13-/m1/s1. The second-order valence-corrected chi connectivity index (χ2v) is 5.25. The molecule has 122 valence electrons. The molecule has 6 nitrogen and oxygen atoms in total. The fourth-order valence-corrected chi connectivity index (χ4v) is 2.49. The van der Waals surface area contributed by atoms with E-state index in [0.29, 0.717) is 13.0 Å². The molecule has 1 aliphatic rings. The number of piperidine rings is 1. The van der Waals surface area contributed by atoms with Crippen LogP contribution in [0.5, 0.6) is 5.75 Å². The van der Waals surface area contributed by atoms with Crippen LogP contribution in [0.1, 0.15) is 17.0 Å². The Morgan fingerprint density at radius 1 is 1.35 bits per heavy atom. The summed E-state index contributed by atoms with van der Waals surface area (Å²) in [6.45, 7) is 0.348. The molecule has 0 spiro atoms. The molecule has 1 fully saturated rings. The summed E-state index contributed by atoms with van der Waals surface area (Å²) in [6.07, 6.45) is 0.0360. The number of likely N-dealkylation sites (tertiary alicyclic amines) is 1. The van der Waals surface area contributed by atoms with Gasteiger partial charge in [-0.3, -0.25) is 4.79 Å². The van der Waals surface area contributed by atoms with Crippen LogP contribution in [0.15, 0.2) is 35.0 Å². The molecular weight excluding hydrogens is 310 g/mol. The third-order valence-electron chi connectivity index (χ3n) is 3.58. The Labute approximate surface area is 130 Å². The van der Waals surface area contributed by atoms with Crippen molar-refractivity contribution in [2.24, 2.45) is 0 Å². The predicted molar refractivity (Wildman–Crippen MR) is 73.8 cm³/mol. The minimum Gasteiger partial charge on any atom is -0.487 e. The molecule has 8 heteroatoms. The highest BCUT2D eigenvalue weighted by Gasteiger charge is 2.33. The Balaban J connectivity index is 1.63.